The molecule has 2 unspecified atom stereocenters. The molecule has 106 valence electrons. The number of benzene rings is 1. The van der Waals surface area contributed by atoms with Crippen molar-refractivity contribution in [3.05, 3.63) is 33.8 Å². The smallest absolute Gasteiger partial charge is 0.251 e. The monoisotopic (exact) mass is 348 g/mol. The van der Waals surface area contributed by atoms with E-state index in [0.717, 1.165) is 16.6 Å². The molecule has 2 rings (SSSR count). The van der Waals surface area contributed by atoms with Gasteiger partial charge in [0, 0.05) is 35.6 Å². The van der Waals surface area contributed by atoms with Gasteiger partial charge in [0.15, 0.2) is 0 Å². The molecule has 1 aliphatic heterocycles. The van der Waals surface area contributed by atoms with Crippen LogP contribution in [0.1, 0.15) is 15.9 Å². The number of aryl methyl sites for hydroxylation is 1. The van der Waals surface area contributed by atoms with Gasteiger partial charge >= 0.3 is 0 Å². The number of halogens is 2. The van der Waals surface area contributed by atoms with E-state index in [1.54, 1.807) is 6.07 Å². The molecule has 1 aliphatic rings. The van der Waals surface area contributed by atoms with E-state index in [2.05, 4.69) is 26.6 Å². The largest absolute Gasteiger partial charge is 0.391 e. The second kappa shape index (κ2) is 7.24. The molecule has 1 amide bonds. The Morgan fingerprint density at radius 1 is 1.53 bits per heavy atom. The molecule has 1 fully saturated rings. The van der Waals surface area contributed by atoms with Crippen LogP contribution in [0.2, 0.25) is 0 Å². The van der Waals surface area contributed by atoms with Gasteiger partial charge in [-0.15, -0.1) is 12.4 Å². The van der Waals surface area contributed by atoms with Gasteiger partial charge in [-0.25, -0.2) is 0 Å². The maximum absolute atomic E-state index is 11.9. The first-order valence-electron chi connectivity index (χ1n) is 6.01. The van der Waals surface area contributed by atoms with Gasteiger partial charge in [0.05, 0.1) is 6.10 Å². The minimum absolute atomic E-state index is 0. The minimum atomic E-state index is -0.366. The first-order valence-corrected chi connectivity index (χ1v) is 6.80. The van der Waals surface area contributed by atoms with E-state index in [9.17, 15) is 9.90 Å². The van der Waals surface area contributed by atoms with Crippen LogP contribution in [-0.4, -0.2) is 36.8 Å². The zero-order valence-corrected chi connectivity index (χ0v) is 13.1. The summed E-state index contributed by atoms with van der Waals surface area (Å²) >= 11 is 3.41. The molecule has 1 saturated heterocycles. The molecule has 0 spiro atoms. The molecule has 1 aromatic rings. The van der Waals surface area contributed by atoms with Crippen LogP contribution in [0.15, 0.2) is 22.7 Å². The third-order valence-electron chi connectivity index (χ3n) is 3.26. The molecule has 0 aromatic heterocycles. The fourth-order valence-corrected chi connectivity index (χ4v) is 2.37. The Balaban J connectivity index is 0.00000180. The summed E-state index contributed by atoms with van der Waals surface area (Å²) in [5.41, 5.74) is 1.73. The third kappa shape index (κ3) is 4.18. The fourth-order valence-electron chi connectivity index (χ4n) is 1.99. The highest BCUT2D eigenvalue weighted by molar-refractivity contribution is 9.10. The summed E-state index contributed by atoms with van der Waals surface area (Å²) in [5.74, 6) is -0.00219. The zero-order valence-electron chi connectivity index (χ0n) is 10.6. The number of amides is 1. The van der Waals surface area contributed by atoms with Crippen LogP contribution in [0, 0.1) is 12.8 Å². The Kier molecular flexibility index (Phi) is 6.26. The number of aliphatic hydroxyl groups excluding tert-OH is 1. The Labute approximate surface area is 127 Å². The highest BCUT2D eigenvalue weighted by Crippen LogP contribution is 2.17. The molecule has 4 nitrogen and oxygen atoms in total. The maximum Gasteiger partial charge on any atom is 0.251 e. The minimum Gasteiger partial charge on any atom is -0.391 e. The Hall–Kier alpha value is -0.620. The lowest BCUT2D eigenvalue weighted by atomic mass is 10.1. The summed E-state index contributed by atoms with van der Waals surface area (Å²) < 4.78 is 0.928. The summed E-state index contributed by atoms with van der Waals surface area (Å²) in [5, 5.41) is 15.6. The molecule has 0 aliphatic carbocycles. The number of nitrogens with one attached hydrogen (secondary N) is 2. The Morgan fingerprint density at radius 2 is 2.26 bits per heavy atom. The van der Waals surface area contributed by atoms with E-state index in [4.69, 9.17) is 0 Å². The van der Waals surface area contributed by atoms with Crippen LogP contribution < -0.4 is 10.6 Å². The number of hydrogen-bond acceptors (Lipinski definition) is 3. The molecule has 1 aromatic carbocycles. The van der Waals surface area contributed by atoms with Crippen molar-refractivity contribution in [3.63, 3.8) is 0 Å². The topological polar surface area (TPSA) is 61.4 Å². The lowest BCUT2D eigenvalue weighted by Gasteiger charge is -2.14. The summed E-state index contributed by atoms with van der Waals surface area (Å²) in [4.78, 5) is 11.9. The number of aliphatic hydroxyl groups is 1. The fraction of sp³-hybridized carbons (Fsp3) is 0.462. The first-order chi connectivity index (χ1) is 8.58. The van der Waals surface area contributed by atoms with Crippen molar-refractivity contribution in [3.8, 4) is 0 Å². The molecule has 3 N–H and O–H groups in total. The van der Waals surface area contributed by atoms with Crippen LogP contribution in [0.25, 0.3) is 0 Å². The molecular weight excluding hydrogens is 332 g/mol. The van der Waals surface area contributed by atoms with Gasteiger partial charge in [-0.05, 0) is 24.6 Å². The van der Waals surface area contributed by atoms with E-state index in [1.807, 2.05) is 19.1 Å². The number of β-amino-alcohol motifs (C(OH)–C–C–N with tert-alkyl or cyclic N) is 1. The lowest BCUT2D eigenvalue weighted by Crippen LogP contribution is -2.34. The van der Waals surface area contributed by atoms with Crippen LogP contribution in [0.5, 0.6) is 0 Å². The number of rotatable bonds is 3. The van der Waals surface area contributed by atoms with Crippen molar-refractivity contribution in [2.75, 3.05) is 19.6 Å². The summed E-state index contributed by atoms with van der Waals surface area (Å²) in [7, 11) is 0. The van der Waals surface area contributed by atoms with Crippen molar-refractivity contribution in [2.24, 2.45) is 5.92 Å². The third-order valence-corrected chi connectivity index (χ3v) is 4.12. The van der Waals surface area contributed by atoms with Gasteiger partial charge in [0.1, 0.15) is 0 Å². The average Bonchev–Trinajstić information content (AvgIpc) is 2.75. The molecule has 0 saturated carbocycles. The second-order valence-electron chi connectivity index (χ2n) is 4.66. The SMILES string of the molecule is Cc1ccc(C(=O)NCC2CNCC2O)cc1Br.Cl. The van der Waals surface area contributed by atoms with Crippen LogP contribution in [-0.2, 0) is 0 Å². The van der Waals surface area contributed by atoms with Gasteiger partial charge in [-0.2, -0.15) is 0 Å². The summed E-state index contributed by atoms with van der Waals surface area (Å²) in [6.45, 7) is 3.83. The van der Waals surface area contributed by atoms with Gasteiger partial charge in [-0.3, -0.25) is 4.79 Å². The van der Waals surface area contributed by atoms with Gasteiger partial charge in [0.2, 0.25) is 0 Å². The normalized spacial score (nSPS) is 21.8. The first kappa shape index (κ1) is 16.4. The van der Waals surface area contributed by atoms with E-state index in [-0.39, 0.29) is 30.3 Å². The van der Waals surface area contributed by atoms with E-state index in [1.165, 1.54) is 0 Å². The van der Waals surface area contributed by atoms with Crippen molar-refractivity contribution >= 4 is 34.2 Å². The van der Waals surface area contributed by atoms with Crippen LogP contribution >= 0.6 is 28.3 Å². The summed E-state index contributed by atoms with van der Waals surface area (Å²) in [6, 6.07) is 5.53. The second-order valence-corrected chi connectivity index (χ2v) is 5.51. The number of carbonyl (C=O) groups excluding carboxylic acids is 1. The van der Waals surface area contributed by atoms with E-state index in [0.29, 0.717) is 18.7 Å². The van der Waals surface area contributed by atoms with E-state index >= 15 is 0 Å². The standard InChI is InChI=1S/C13H17BrN2O2.ClH/c1-8-2-3-9(4-11(8)14)13(18)16-6-10-5-15-7-12(10)17;/h2-4,10,12,15,17H,5-7H2,1H3,(H,16,18);1H. The molecular formula is C13H18BrClN2O2. The van der Waals surface area contributed by atoms with Crippen molar-refractivity contribution in [1.29, 1.82) is 0 Å². The average molecular weight is 350 g/mol. The Bertz CT molecular complexity index is 456. The van der Waals surface area contributed by atoms with Crippen LogP contribution in [0.4, 0.5) is 0 Å². The predicted molar refractivity (Wildman–Crippen MR) is 80.8 cm³/mol. The highest BCUT2D eigenvalue weighted by atomic mass is 79.9. The van der Waals surface area contributed by atoms with Gasteiger partial charge < -0.3 is 15.7 Å². The lowest BCUT2D eigenvalue weighted by molar-refractivity contribution is 0.0927. The van der Waals surface area contributed by atoms with E-state index < -0.39 is 0 Å². The maximum atomic E-state index is 11.9. The molecule has 1 heterocycles. The quantitative estimate of drug-likeness (QED) is 0.775. The Morgan fingerprint density at radius 3 is 2.84 bits per heavy atom. The predicted octanol–water partition coefficient (Wildman–Crippen LogP) is 1.49. The zero-order chi connectivity index (χ0) is 13.1. The number of carbonyl (C=O) groups is 1. The van der Waals surface area contributed by atoms with Crippen LogP contribution in [0.3, 0.4) is 0 Å². The molecule has 2 atom stereocenters. The van der Waals surface area contributed by atoms with Gasteiger partial charge in [-0.1, -0.05) is 22.0 Å². The molecule has 19 heavy (non-hydrogen) atoms. The van der Waals surface area contributed by atoms with Crippen molar-refractivity contribution in [2.45, 2.75) is 13.0 Å². The molecule has 0 radical (unpaired) electrons. The van der Waals surface area contributed by atoms with Gasteiger partial charge in [0.25, 0.3) is 5.91 Å². The molecule has 6 heteroatoms. The number of hydrogen-bond donors (Lipinski definition) is 3. The highest BCUT2D eigenvalue weighted by Gasteiger charge is 2.25. The van der Waals surface area contributed by atoms with Crippen molar-refractivity contribution in [1.82, 2.24) is 10.6 Å². The molecule has 0 bridgehead atoms. The van der Waals surface area contributed by atoms with Crippen molar-refractivity contribution < 1.29 is 9.90 Å². The summed E-state index contributed by atoms with van der Waals surface area (Å²) in [6.07, 6.45) is -0.366.